The van der Waals surface area contributed by atoms with Crippen LogP contribution in [0.2, 0.25) is 0 Å². The molecule has 0 aliphatic heterocycles. The number of benzene rings is 1. The van der Waals surface area contributed by atoms with Crippen molar-refractivity contribution < 1.29 is 14.3 Å². The zero-order valence-corrected chi connectivity index (χ0v) is 8.95. The van der Waals surface area contributed by atoms with Crippen molar-refractivity contribution in [1.29, 1.82) is 0 Å². The van der Waals surface area contributed by atoms with Gasteiger partial charge in [-0.25, -0.2) is 4.79 Å². The van der Waals surface area contributed by atoms with E-state index in [1.54, 1.807) is 32.2 Å². The summed E-state index contributed by atoms with van der Waals surface area (Å²) in [6, 6.07) is 5.19. The van der Waals surface area contributed by atoms with Gasteiger partial charge in [-0.15, -0.1) is 0 Å². The molecule has 1 aromatic carbocycles. The van der Waals surface area contributed by atoms with Crippen molar-refractivity contribution in [3.05, 3.63) is 29.3 Å². The zero-order valence-electron chi connectivity index (χ0n) is 8.95. The first-order valence-corrected chi connectivity index (χ1v) is 4.77. The molecule has 15 heavy (non-hydrogen) atoms. The number of carbonyl (C=O) groups excluding carboxylic acids is 1. The van der Waals surface area contributed by atoms with Crippen LogP contribution in [0.3, 0.4) is 0 Å². The average Bonchev–Trinajstić information content (AvgIpc) is 2.28. The van der Waals surface area contributed by atoms with E-state index in [1.165, 1.54) is 0 Å². The Morgan fingerprint density at radius 2 is 2.20 bits per heavy atom. The third-order valence-electron chi connectivity index (χ3n) is 2.05. The molecule has 82 valence electrons. The number of carbonyl (C=O) groups is 1. The number of methoxy groups -OCH3 is 1. The SMILES string of the molecule is CCOC(=O)c1cccc(OC)c1CN. The van der Waals surface area contributed by atoms with Crippen molar-refractivity contribution >= 4 is 5.97 Å². The first kappa shape index (κ1) is 11.5. The standard InChI is InChI=1S/C11H15NO3/c1-3-15-11(13)8-5-4-6-10(14-2)9(8)7-12/h4-6H,3,7,12H2,1-2H3. The number of hydrogen-bond acceptors (Lipinski definition) is 4. The highest BCUT2D eigenvalue weighted by Gasteiger charge is 2.14. The Morgan fingerprint density at radius 3 is 2.73 bits per heavy atom. The highest BCUT2D eigenvalue weighted by molar-refractivity contribution is 5.91. The first-order valence-electron chi connectivity index (χ1n) is 4.77. The predicted molar refractivity (Wildman–Crippen MR) is 56.8 cm³/mol. The molecule has 0 amide bonds. The van der Waals surface area contributed by atoms with E-state index in [0.29, 0.717) is 23.5 Å². The Bertz CT molecular complexity index is 350. The maximum Gasteiger partial charge on any atom is 0.338 e. The highest BCUT2D eigenvalue weighted by Crippen LogP contribution is 2.22. The minimum absolute atomic E-state index is 0.248. The van der Waals surface area contributed by atoms with Crippen LogP contribution in [0.5, 0.6) is 5.75 Å². The van der Waals surface area contributed by atoms with E-state index in [4.69, 9.17) is 15.2 Å². The molecule has 0 spiro atoms. The second-order valence-corrected chi connectivity index (χ2v) is 2.91. The zero-order chi connectivity index (χ0) is 11.3. The molecular formula is C11H15NO3. The van der Waals surface area contributed by atoms with Gasteiger partial charge >= 0.3 is 5.97 Å². The number of esters is 1. The summed E-state index contributed by atoms with van der Waals surface area (Å²) >= 11 is 0. The van der Waals surface area contributed by atoms with Gasteiger partial charge in [-0.05, 0) is 19.1 Å². The minimum Gasteiger partial charge on any atom is -0.496 e. The van der Waals surface area contributed by atoms with Gasteiger partial charge in [0.2, 0.25) is 0 Å². The van der Waals surface area contributed by atoms with E-state index in [2.05, 4.69) is 0 Å². The van der Waals surface area contributed by atoms with E-state index >= 15 is 0 Å². The highest BCUT2D eigenvalue weighted by atomic mass is 16.5. The summed E-state index contributed by atoms with van der Waals surface area (Å²) in [7, 11) is 1.55. The molecule has 0 atom stereocenters. The van der Waals surface area contributed by atoms with Crippen LogP contribution in [0.1, 0.15) is 22.8 Å². The summed E-state index contributed by atoms with van der Waals surface area (Å²) in [5, 5.41) is 0. The maximum atomic E-state index is 11.6. The summed E-state index contributed by atoms with van der Waals surface area (Å²) < 4.78 is 10.0. The second-order valence-electron chi connectivity index (χ2n) is 2.91. The minimum atomic E-state index is -0.364. The number of hydrogen-bond donors (Lipinski definition) is 1. The first-order chi connectivity index (χ1) is 7.24. The van der Waals surface area contributed by atoms with Gasteiger partial charge in [0.1, 0.15) is 5.75 Å². The molecule has 0 fully saturated rings. The normalized spacial score (nSPS) is 9.80. The molecule has 4 heteroatoms. The van der Waals surface area contributed by atoms with Crippen LogP contribution in [0, 0.1) is 0 Å². The Labute approximate surface area is 89.0 Å². The van der Waals surface area contributed by atoms with Crippen LogP contribution in [0.25, 0.3) is 0 Å². The largest absolute Gasteiger partial charge is 0.496 e. The third-order valence-corrected chi connectivity index (χ3v) is 2.05. The molecule has 4 nitrogen and oxygen atoms in total. The Hall–Kier alpha value is -1.55. The molecule has 0 heterocycles. The summed E-state index contributed by atoms with van der Waals surface area (Å²) in [5.41, 5.74) is 6.72. The smallest absolute Gasteiger partial charge is 0.338 e. The van der Waals surface area contributed by atoms with Gasteiger partial charge in [-0.2, -0.15) is 0 Å². The van der Waals surface area contributed by atoms with Gasteiger partial charge < -0.3 is 15.2 Å². The fourth-order valence-electron chi connectivity index (χ4n) is 1.37. The summed E-state index contributed by atoms with van der Waals surface area (Å²) in [4.78, 5) is 11.6. The van der Waals surface area contributed by atoms with Crippen molar-refractivity contribution in [3.8, 4) is 5.75 Å². The van der Waals surface area contributed by atoms with E-state index in [1.807, 2.05) is 0 Å². The van der Waals surface area contributed by atoms with Crippen molar-refractivity contribution in [3.63, 3.8) is 0 Å². The Kier molecular flexibility index (Phi) is 4.12. The molecule has 0 saturated heterocycles. The fraction of sp³-hybridized carbons (Fsp3) is 0.364. The van der Waals surface area contributed by atoms with Crippen LogP contribution in [-0.4, -0.2) is 19.7 Å². The van der Waals surface area contributed by atoms with E-state index < -0.39 is 0 Å². The van der Waals surface area contributed by atoms with Crippen LogP contribution in [0.15, 0.2) is 18.2 Å². The molecule has 0 unspecified atom stereocenters. The van der Waals surface area contributed by atoms with Crippen LogP contribution < -0.4 is 10.5 Å². The number of ether oxygens (including phenoxy) is 2. The molecule has 0 saturated carbocycles. The average molecular weight is 209 g/mol. The number of nitrogens with two attached hydrogens (primary N) is 1. The van der Waals surface area contributed by atoms with Gasteiger partial charge in [-0.1, -0.05) is 6.07 Å². The van der Waals surface area contributed by atoms with Gasteiger partial charge in [-0.3, -0.25) is 0 Å². The van der Waals surface area contributed by atoms with Crippen molar-refractivity contribution in [2.24, 2.45) is 5.73 Å². The van der Waals surface area contributed by atoms with Gasteiger partial charge in [0.25, 0.3) is 0 Å². The van der Waals surface area contributed by atoms with E-state index in [0.717, 1.165) is 0 Å². The molecule has 1 aromatic rings. The molecule has 0 aromatic heterocycles. The second kappa shape index (κ2) is 5.36. The van der Waals surface area contributed by atoms with Crippen LogP contribution >= 0.6 is 0 Å². The Morgan fingerprint density at radius 1 is 1.47 bits per heavy atom. The maximum absolute atomic E-state index is 11.6. The Balaban J connectivity index is 3.11. The van der Waals surface area contributed by atoms with E-state index in [-0.39, 0.29) is 12.5 Å². The molecule has 0 aliphatic carbocycles. The van der Waals surface area contributed by atoms with Gasteiger partial charge in [0.15, 0.2) is 0 Å². The third kappa shape index (κ3) is 2.47. The van der Waals surface area contributed by atoms with Crippen LogP contribution in [-0.2, 0) is 11.3 Å². The lowest BCUT2D eigenvalue weighted by atomic mass is 10.1. The summed E-state index contributed by atoms with van der Waals surface area (Å²) in [6.07, 6.45) is 0. The molecule has 2 N–H and O–H groups in total. The quantitative estimate of drug-likeness (QED) is 0.760. The molecular weight excluding hydrogens is 194 g/mol. The van der Waals surface area contributed by atoms with Crippen molar-refractivity contribution in [2.45, 2.75) is 13.5 Å². The fourth-order valence-corrected chi connectivity index (χ4v) is 1.37. The molecule has 0 radical (unpaired) electrons. The molecule has 0 bridgehead atoms. The summed E-state index contributed by atoms with van der Waals surface area (Å²) in [6.45, 7) is 2.36. The van der Waals surface area contributed by atoms with Crippen molar-refractivity contribution in [2.75, 3.05) is 13.7 Å². The lowest BCUT2D eigenvalue weighted by Gasteiger charge is -2.11. The number of rotatable bonds is 4. The predicted octanol–water partition coefficient (Wildman–Crippen LogP) is 1.33. The topological polar surface area (TPSA) is 61.5 Å². The lowest BCUT2D eigenvalue weighted by Crippen LogP contribution is -2.11. The molecule has 0 aliphatic rings. The summed E-state index contributed by atoms with van der Waals surface area (Å²) in [5.74, 6) is 0.250. The van der Waals surface area contributed by atoms with Crippen LogP contribution in [0.4, 0.5) is 0 Å². The monoisotopic (exact) mass is 209 g/mol. The van der Waals surface area contributed by atoms with Gasteiger partial charge in [0.05, 0.1) is 19.3 Å². The molecule has 1 rings (SSSR count). The van der Waals surface area contributed by atoms with E-state index in [9.17, 15) is 4.79 Å². The van der Waals surface area contributed by atoms with Crippen molar-refractivity contribution in [1.82, 2.24) is 0 Å². The lowest BCUT2D eigenvalue weighted by molar-refractivity contribution is 0.0524. The van der Waals surface area contributed by atoms with Gasteiger partial charge in [0, 0.05) is 12.1 Å².